The molecule has 3 saturated heterocycles. The third kappa shape index (κ3) is 14.6. The number of hydrogen-bond donors (Lipinski definition) is 0. The quantitative estimate of drug-likeness (QED) is 0.647. The van der Waals surface area contributed by atoms with Crippen LogP contribution in [-0.2, 0) is 14.2 Å². The lowest BCUT2D eigenvalue weighted by molar-refractivity contribution is 0.0367. The van der Waals surface area contributed by atoms with E-state index in [0.717, 1.165) is 39.6 Å². The molecule has 0 aromatic rings. The maximum absolute atomic E-state index is 5.07. The Morgan fingerprint density at radius 1 is 0.238 bits per heavy atom. The van der Waals surface area contributed by atoms with Crippen molar-refractivity contribution in [2.45, 2.75) is 77.0 Å². The van der Waals surface area contributed by atoms with Crippen LogP contribution >= 0.6 is 0 Å². The van der Waals surface area contributed by atoms with Crippen molar-refractivity contribution >= 4 is 0 Å². The fourth-order valence-corrected chi connectivity index (χ4v) is 2.40. The van der Waals surface area contributed by atoms with Gasteiger partial charge in [-0.25, -0.2) is 0 Å². The monoisotopic (exact) mass is 300 g/mol. The van der Waals surface area contributed by atoms with Crippen molar-refractivity contribution in [1.82, 2.24) is 0 Å². The maximum atomic E-state index is 5.07. The third-order valence-electron chi connectivity index (χ3n) is 3.98. The van der Waals surface area contributed by atoms with E-state index in [4.69, 9.17) is 14.2 Å². The Bertz CT molecular complexity index is 134. The second-order valence-electron chi connectivity index (χ2n) is 6.08. The third-order valence-corrected chi connectivity index (χ3v) is 3.98. The van der Waals surface area contributed by atoms with Crippen LogP contribution in [0.25, 0.3) is 0 Å². The highest BCUT2D eigenvalue weighted by Gasteiger charge is 1.96. The lowest BCUT2D eigenvalue weighted by Crippen LogP contribution is -2.09. The van der Waals surface area contributed by atoms with Gasteiger partial charge in [0.1, 0.15) is 0 Å². The molecule has 0 bridgehead atoms. The van der Waals surface area contributed by atoms with Gasteiger partial charge < -0.3 is 14.2 Å². The van der Waals surface area contributed by atoms with Gasteiger partial charge in [-0.2, -0.15) is 0 Å². The summed E-state index contributed by atoms with van der Waals surface area (Å²) in [5.41, 5.74) is 0. The van der Waals surface area contributed by atoms with Gasteiger partial charge in [0, 0.05) is 39.6 Å². The van der Waals surface area contributed by atoms with Crippen molar-refractivity contribution < 1.29 is 14.2 Å². The Balaban J connectivity index is 0.000000142. The summed E-state index contributed by atoms with van der Waals surface area (Å²) < 4.78 is 14.7. The molecular formula is C18H36O3. The Labute approximate surface area is 131 Å². The first-order chi connectivity index (χ1) is 10.5. The number of ether oxygens (including phenoxy) is 3. The molecule has 0 amide bonds. The van der Waals surface area contributed by atoms with Gasteiger partial charge in [-0.1, -0.05) is 38.5 Å². The molecule has 3 nitrogen and oxygen atoms in total. The molecule has 0 spiro atoms. The van der Waals surface area contributed by atoms with E-state index >= 15 is 0 Å². The Kier molecular flexibility index (Phi) is 14.7. The van der Waals surface area contributed by atoms with E-state index in [1.165, 1.54) is 77.0 Å². The van der Waals surface area contributed by atoms with Crippen molar-refractivity contribution in [3.05, 3.63) is 0 Å². The van der Waals surface area contributed by atoms with Gasteiger partial charge >= 0.3 is 0 Å². The fraction of sp³-hybridized carbons (Fsp3) is 1.00. The highest BCUT2D eigenvalue weighted by molar-refractivity contribution is 4.51. The first kappa shape index (κ1) is 18.9. The molecule has 126 valence electrons. The van der Waals surface area contributed by atoms with E-state index in [0.29, 0.717) is 0 Å². The van der Waals surface area contributed by atoms with Crippen molar-refractivity contribution in [2.24, 2.45) is 0 Å². The predicted octanol–water partition coefficient (Wildman–Crippen LogP) is 4.73. The van der Waals surface area contributed by atoms with E-state index < -0.39 is 0 Å². The van der Waals surface area contributed by atoms with Crippen LogP contribution in [0.1, 0.15) is 77.0 Å². The largest absolute Gasteiger partial charge is 0.381 e. The molecule has 1 saturated carbocycles. The lowest BCUT2D eigenvalue weighted by atomic mass is 10.0. The van der Waals surface area contributed by atoms with Gasteiger partial charge in [0.25, 0.3) is 0 Å². The molecule has 21 heavy (non-hydrogen) atoms. The molecule has 0 unspecified atom stereocenters. The summed E-state index contributed by atoms with van der Waals surface area (Å²) in [4.78, 5) is 0. The summed E-state index contributed by atoms with van der Waals surface area (Å²) >= 11 is 0. The molecule has 4 rings (SSSR count). The van der Waals surface area contributed by atoms with E-state index in [2.05, 4.69) is 0 Å². The normalized spacial score (nSPS) is 24.0. The van der Waals surface area contributed by atoms with E-state index in [-0.39, 0.29) is 0 Å². The van der Waals surface area contributed by atoms with Crippen molar-refractivity contribution in [1.29, 1.82) is 0 Å². The van der Waals surface area contributed by atoms with Crippen molar-refractivity contribution in [3.63, 3.8) is 0 Å². The average molecular weight is 300 g/mol. The van der Waals surface area contributed by atoms with Gasteiger partial charge in [-0.3, -0.25) is 0 Å². The Morgan fingerprint density at radius 2 is 0.476 bits per heavy atom. The standard InChI is InChI=1S/C6H12.C5H10O.C4H8O.C3H6O/c2*1-2-4-6-5-3-1;1-2-4-5-3-1;1-2-4-3-1/h1-6H2;1-5H2;1-4H2;1-3H2. The number of rotatable bonds is 0. The van der Waals surface area contributed by atoms with Crippen LogP contribution in [0.2, 0.25) is 0 Å². The van der Waals surface area contributed by atoms with E-state index in [1.54, 1.807) is 0 Å². The summed E-state index contributed by atoms with van der Waals surface area (Å²) in [6.45, 7) is 6.00. The van der Waals surface area contributed by atoms with Gasteiger partial charge in [0.2, 0.25) is 0 Å². The van der Waals surface area contributed by atoms with Crippen molar-refractivity contribution in [2.75, 3.05) is 39.6 Å². The highest BCUT2D eigenvalue weighted by Crippen LogP contribution is 2.15. The summed E-state index contributed by atoms with van der Waals surface area (Å²) in [5, 5.41) is 0. The zero-order valence-corrected chi connectivity index (χ0v) is 14.0. The van der Waals surface area contributed by atoms with Crippen LogP contribution in [0.3, 0.4) is 0 Å². The summed E-state index contributed by atoms with van der Waals surface area (Å²) in [6.07, 6.45) is 16.8. The molecule has 1 aliphatic carbocycles. The SMILES string of the molecule is C1CCCCC1.C1CCOC1.C1CCOCC1.C1COC1. The van der Waals surface area contributed by atoms with E-state index in [9.17, 15) is 0 Å². The van der Waals surface area contributed by atoms with Crippen LogP contribution < -0.4 is 0 Å². The van der Waals surface area contributed by atoms with Gasteiger partial charge in [0.15, 0.2) is 0 Å². The summed E-state index contributed by atoms with van der Waals surface area (Å²) in [7, 11) is 0. The maximum Gasteiger partial charge on any atom is 0.0488 e. The highest BCUT2D eigenvalue weighted by atomic mass is 16.5. The molecule has 0 aromatic heterocycles. The molecule has 0 N–H and O–H groups in total. The molecule has 4 fully saturated rings. The Hall–Kier alpha value is -0.120. The van der Waals surface area contributed by atoms with Gasteiger partial charge in [0.05, 0.1) is 0 Å². The topological polar surface area (TPSA) is 27.7 Å². The van der Waals surface area contributed by atoms with Gasteiger partial charge in [-0.15, -0.1) is 0 Å². The van der Waals surface area contributed by atoms with Crippen LogP contribution in [0.4, 0.5) is 0 Å². The summed E-state index contributed by atoms with van der Waals surface area (Å²) in [6, 6.07) is 0. The molecule has 0 radical (unpaired) electrons. The van der Waals surface area contributed by atoms with Crippen molar-refractivity contribution in [3.8, 4) is 0 Å². The molecule has 0 aromatic carbocycles. The second-order valence-corrected chi connectivity index (χ2v) is 6.08. The average Bonchev–Trinajstić information content (AvgIpc) is 3.09. The zero-order chi connectivity index (χ0) is 14.8. The Morgan fingerprint density at radius 3 is 0.619 bits per heavy atom. The molecule has 3 aliphatic heterocycles. The lowest BCUT2D eigenvalue weighted by Gasteiger charge is -2.09. The summed E-state index contributed by atoms with van der Waals surface area (Å²) in [5.74, 6) is 0. The second kappa shape index (κ2) is 16.3. The molecule has 0 atom stereocenters. The first-order valence-electron chi connectivity index (χ1n) is 9.23. The molecular weight excluding hydrogens is 264 g/mol. The van der Waals surface area contributed by atoms with E-state index in [1.807, 2.05) is 0 Å². The smallest absolute Gasteiger partial charge is 0.0488 e. The van der Waals surface area contributed by atoms with Gasteiger partial charge in [-0.05, 0) is 38.5 Å². The first-order valence-corrected chi connectivity index (χ1v) is 9.23. The minimum atomic E-state index is 1.00. The van der Waals surface area contributed by atoms with Crippen LogP contribution in [-0.4, -0.2) is 39.6 Å². The zero-order valence-electron chi connectivity index (χ0n) is 14.0. The molecule has 3 heterocycles. The minimum Gasteiger partial charge on any atom is -0.381 e. The fourth-order valence-electron chi connectivity index (χ4n) is 2.40. The number of hydrogen-bond acceptors (Lipinski definition) is 3. The van der Waals surface area contributed by atoms with Crippen LogP contribution in [0, 0.1) is 0 Å². The predicted molar refractivity (Wildman–Crippen MR) is 87.9 cm³/mol. The molecule has 3 heteroatoms. The minimum absolute atomic E-state index is 1.00. The van der Waals surface area contributed by atoms with Crippen LogP contribution in [0.5, 0.6) is 0 Å². The molecule has 4 aliphatic rings. The van der Waals surface area contributed by atoms with Crippen LogP contribution in [0.15, 0.2) is 0 Å².